The average molecular weight is 443 g/mol. The zero-order chi connectivity index (χ0) is 24.4. The molecule has 0 saturated carbocycles. The van der Waals surface area contributed by atoms with Crippen molar-refractivity contribution >= 4 is 0 Å². The minimum Gasteiger partial charge on any atom is -0.345 e. The molecule has 0 amide bonds. The average Bonchev–Trinajstić information content (AvgIpc) is 2.66. The van der Waals surface area contributed by atoms with Gasteiger partial charge in [0.05, 0.1) is 13.2 Å². The summed E-state index contributed by atoms with van der Waals surface area (Å²) in [6.45, 7) is 20.6. The van der Waals surface area contributed by atoms with Crippen molar-refractivity contribution in [2.24, 2.45) is 0 Å². The maximum absolute atomic E-state index is 6.09. The molecule has 0 N–H and O–H groups in total. The summed E-state index contributed by atoms with van der Waals surface area (Å²) in [7, 11) is 0. The summed E-state index contributed by atoms with van der Waals surface area (Å²) in [5, 5.41) is 0. The second kappa shape index (κ2) is 18.9. The molecule has 32 heavy (non-hydrogen) atoms. The van der Waals surface area contributed by atoms with Crippen LogP contribution in [0, 0.1) is 0 Å². The largest absolute Gasteiger partial charge is 0.345 e. The molecule has 0 spiro atoms. The van der Waals surface area contributed by atoms with Gasteiger partial charge in [-0.15, -0.1) is 0 Å². The molecule has 0 saturated heterocycles. The van der Waals surface area contributed by atoms with Crippen LogP contribution in [0.3, 0.4) is 0 Å². The van der Waals surface area contributed by atoms with Gasteiger partial charge in [-0.05, 0) is 107 Å². The van der Waals surface area contributed by atoms with Gasteiger partial charge in [-0.1, -0.05) is 63.8 Å². The van der Waals surface area contributed by atoms with Crippen molar-refractivity contribution < 1.29 is 9.47 Å². The van der Waals surface area contributed by atoms with E-state index in [1.54, 1.807) is 0 Å². The SMILES string of the molecule is CC(C)=CCC/C(C)=C/COC(/C=C(\C)CCC=C(C)C)OC/C=C(\C)CCC=C(C)C. The molecule has 0 fully saturated rings. The monoisotopic (exact) mass is 442 g/mol. The highest BCUT2D eigenvalue weighted by atomic mass is 16.7. The number of allylic oxidation sites excluding steroid dienone is 9. The molecule has 0 aromatic rings. The Bertz CT molecular complexity index is 644. The Balaban J connectivity index is 4.86. The lowest BCUT2D eigenvalue weighted by atomic mass is 10.1. The zero-order valence-corrected chi connectivity index (χ0v) is 22.5. The summed E-state index contributed by atoms with van der Waals surface area (Å²) >= 11 is 0. The van der Waals surface area contributed by atoms with E-state index in [9.17, 15) is 0 Å². The third kappa shape index (κ3) is 20.3. The van der Waals surface area contributed by atoms with E-state index in [4.69, 9.17) is 9.47 Å². The standard InChI is InChI=1S/C30H50O2/c1-24(2)13-10-16-27(7)19-21-31-30(23-29(9)18-12-15-26(5)6)32-22-20-28(8)17-11-14-25(3)4/h13-15,19-20,23,30H,10-12,16-18,21-22H2,1-9H3/b27-19+,28-20+,29-23+. The summed E-state index contributed by atoms with van der Waals surface area (Å²) in [5.74, 6) is 0. The molecule has 182 valence electrons. The maximum Gasteiger partial charge on any atom is 0.177 e. The quantitative estimate of drug-likeness (QED) is 0.175. The first kappa shape index (κ1) is 30.4. The van der Waals surface area contributed by atoms with Gasteiger partial charge >= 0.3 is 0 Å². The van der Waals surface area contributed by atoms with Crippen LogP contribution >= 0.6 is 0 Å². The van der Waals surface area contributed by atoms with Crippen LogP contribution in [0.4, 0.5) is 0 Å². The molecule has 0 aliphatic heterocycles. The van der Waals surface area contributed by atoms with Crippen LogP contribution in [0.5, 0.6) is 0 Å². The predicted octanol–water partition coefficient (Wildman–Crippen LogP) is 9.42. The number of hydrogen-bond donors (Lipinski definition) is 0. The fraction of sp³-hybridized carbons (Fsp3) is 0.600. The van der Waals surface area contributed by atoms with Gasteiger partial charge in [0.25, 0.3) is 0 Å². The second-order valence-electron chi connectivity index (χ2n) is 9.61. The highest BCUT2D eigenvalue weighted by Crippen LogP contribution is 2.13. The van der Waals surface area contributed by atoms with Crippen LogP contribution in [0.15, 0.2) is 69.9 Å². The third-order valence-corrected chi connectivity index (χ3v) is 5.08. The Morgan fingerprint density at radius 2 is 0.844 bits per heavy atom. The molecular formula is C30H50O2. The fourth-order valence-electron chi connectivity index (χ4n) is 3.00. The van der Waals surface area contributed by atoms with Crippen molar-refractivity contribution in [1.82, 2.24) is 0 Å². The summed E-state index contributed by atoms with van der Waals surface area (Å²) < 4.78 is 12.2. The van der Waals surface area contributed by atoms with E-state index in [1.165, 1.54) is 33.4 Å². The summed E-state index contributed by atoms with van der Waals surface area (Å²) in [4.78, 5) is 0. The second-order valence-corrected chi connectivity index (χ2v) is 9.61. The first-order valence-electron chi connectivity index (χ1n) is 12.2. The molecule has 2 nitrogen and oxygen atoms in total. The van der Waals surface area contributed by atoms with Crippen LogP contribution in [0.25, 0.3) is 0 Å². The summed E-state index contributed by atoms with van der Waals surface area (Å²) in [6.07, 6.45) is 19.5. The van der Waals surface area contributed by atoms with E-state index in [0.29, 0.717) is 13.2 Å². The Morgan fingerprint density at radius 3 is 1.19 bits per heavy atom. The first-order chi connectivity index (χ1) is 15.1. The van der Waals surface area contributed by atoms with Gasteiger partial charge in [0.1, 0.15) is 0 Å². The number of rotatable bonds is 16. The molecule has 0 heterocycles. The van der Waals surface area contributed by atoms with Crippen molar-refractivity contribution in [1.29, 1.82) is 0 Å². The fourth-order valence-corrected chi connectivity index (χ4v) is 3.00. The minimum absolute atomic E-state index is 0.314. The minimum atomic E-state index is -0.314. The highest BCUT2D eigenvalue weighted by Gasteiger charge is 2.06. The van der Waals surface area contributed by atoms with Crippen molar-refractivity contribution in [3.05, 3.63) is 69.9 Å². The smallest absolute Gasteiger partial charge is 0.177 e. The molecular weight excluding hydrogens is 392 g/mol. The lowest BCUT2D eigenvalue weighted by Crippen LogP contribution is -2.16. The molecule has 0 aromatic carbocycles. The Hall–Kier alpha value is -1.64. The van der Waals surface area contributed by atoms with Crippen molar-refractivity contribution in [3.63, 3.8) is 0 Å². The summed E-state index contributed by atoms with van der Waals surface area (Å²) in [6, 6.07) is 0. The van der Waals surface area contributed by atoms with E-state index in [0.717, 1.165) is 38.5 Å². The van der Waals surface area contributed by atoms with Gasteiger partial charge in [-0.2, -0.15) is 0 Å². The molecule has 0 aliphatic carbocycles. The van der Waals surface area contributed by atoms with E-state index in [-0.39, 0.29) is 6.29 Å². The zero-order valence-electron chi connectivity index (χ0n) is 22.5. The van der Waals surface area contributed by atoms with Crippen molar-refractivity contribution in [2.45, 2.75) is 107 Å². The highest BCUT2D eigenvalue weighted by molar-refractivity contribution is 5.06. The van der Waals surface area contributed by atoms with Gasteiger partial charge in [0, 0.05) is 0 Å². The summed E-state index contributed by atoms with van der Waals surface area (Å²) in [5.41, 5.74) is 8.15. The van der Waals surface area contributed by atoms with Crippen molar-refractivity contribution in [3.8, 4) is 0 Å². The predicted molar refractivity (Wildman–Crippen MR) is 143 cm³/mol. The Morgan fingerprint density at radius 1 is 0.500 bits per heavy atom. The lowest BCUT2D eigenvalue weighted by Gasteiger charge is -2.15. The van der Waals surface area contributed by atoms with E-state index in [2.05, 4.69) is 98.8 Å². The third-order valence-electron chi connectivity index (χ3n) is 5.08. The van der Waals surface area contributed by atoms with Crippen LogP contribution in [0.2, 0.25) is 0 Å². The van der Waals surface area contributed by atoms with Gasteiger partial charge in [-0.3, -0.25) is 0 Å². The van der Waals surface area contributed by atoms with Gasteiger partial charge in [0.15, 0.2) is 6.29 Å². The van der Waals surface area contributed by atoms with Crippen LogP contribution in [-0.4, -0.2) is 19.5 Å². The van der Waals surface area contributed by atoms with Gasteiger partial charge in [0.2, 0.25) is 0 Å². The maximum atomic E-state index is 6.09. The molecule has 0 radical (unpaired) electrons. The van der Waals surface area contributed by atoms with Crippen molar-refractivity contribution in [2.75, 3.05) is 13.2 Å². The topological polar surface area (TPSA) is 18.5 Å². The molecule has 2 heteroatoms. The first-order valence-corrected chi connectivity index (χ1v) is 12.2. The molecule has 0 atom stereocenters. The Kier molecular flexibility index (Phi) is 17.9. The van der Waals surface area contributed by atoms with Gasteiger partial charge < -0.3 is 9.47 Å². The molecule has 0 unspecified atom stereocenters. The van der Waals surface area contributed by atoms with Crippen LogP contribution < -0.4 is 0 Å². The normalized spacial score (nSPS) is 13.6. The molecule has 0 aromatic heterocycles. The molecule has 0 rings (SSSR count). The van der Waals surface area contributed by atoms with E-state index >= 15 is 0 Å². The van der Waals surface area contributed by atoms with E-state index < -0.39 is 0 Å². The Labute approximate surface area is 199 Å². The van der Waals surface area contributed by atoms with Crippen LogP contribution in [0.1, 0.15) is 101 Å². The number of hydrogen-bond acceptors (Lipinski definition) is 2. The van der Waals surface area contributed by atoms with Crippen LogP contribution in [-0.2, 0) is 9.47 Å². The number of ether oxygens (including phenoxy) is 2. The molecule has 0 bridgehead atoms. The molecule has 0 aliphatic rings. The van der Waals surface area contributed by atoms with Gasteiger partial charge in [-0.25, -0.2) is 0 Å². The lowest BCUT2D eigenvalue weighted by molar-refractivity contribution is -0.0943. The van der Waals surface area contributed by atoms with E-state index in [1.807, 2.05) is 0 Å².